The number of hydrogen-bond acceptors (Lipinski definition) is 5. The highest BCUT2D eigenvalue weighted by atomic mass is 32.2. The normalized spacial score (nSPS) is 18.5. The molecule has 0 bridgehead atoms. The number of hydroxylamine groups is 2. The standard InChI is InChI=1S/C13H8F3NO5S/c14-13(15,16)23(20,21)22-17-11(18)8-5-1-3-7-4-2-6-9(10(7)8)12(17)19/h1-6,11,18H. The van der Waals surface area contributed by atoms with Gasteiger partial charge in [-0.15, -0.1) is 4.28 Å². The Morgan fingerprint density at radius 3 is 2.35 bits per heavy atom. The molecule has 1 aliphatic rings. The lowest BCUT2D eigenvalue weighted by molar-refractivity contribution is -0.151. The molecule has 3 rings (SSSR count). The number of halogens is 3. The Morgan fingerprint density at radius 2 is 1.74 bits per heavy atom. The number of alkyl halides is 3. The molecule has 1 atom stereocenters. The molecule has 23 heavy (non-hydrogen) atoms. The summed E-state index contributed by atoms with van der Waals surface area (Å²) in [5.74, 6) is -1.19. The molecule has 0 aliphatic carbocycles. The molecule has 1 aliphatic heterocycles. The molecule has 10 heteroatoms. The first kappa shape index (κ1) is 15.7. The smallest absolute Gasteiger partial charge is 0.367 e. The van der Waals surface area contributed by atoms with Gasteiger partial charge >= 0.3 is 15.6 Å². The van der Waals surface area contributed by atoms with Gasteiger partial charge in [0, 0.05) is 10.9 Å². The van der Waals surface area contributed by atoms with E-state index in [2.05, 4.69) is 4.28 Å². The Balaban J connectivity index is 2.13. The predicted octanol–water partition coefficient (Wildman–Crippen LogP) is 2.07. The van der Waals surface area contributed by atoms with Gasteiger partial charge in [-0.2, -0.15) is 26.7 Å². The average molecular weight is 347 g/mol. The number of benzene rings is 2. The van der Waals surface area contributed by atoms with Gasteiger partial charge in [-0.3, -0.25) is 4.79 Å². The monoisotopic (exact) mass is 347 g/mol. The van der Waals surface area contributed by atoms with Gasteiger partial charge in [-0.25, -0.2) is 0 Å². The minimum absolute atomic E-state index is 0.0649. The van der Waals surface area contributed by atoms with Crippen LogP contribution in [-0.2, 0) is 14.4 Å². The molecule has 1 N–H and O–H groups in total. The fourth-order valence-electron chi connectivity index (χ4n) is 2.34. The van der Waals surface area contributed by atoms with Gasteiger partial charge < -0.3 is 5.11 Å². The van der Waals surface area contributed by atoms with Crippen LogP contribution in [-0.4, -0.2) is 30.0 Å². The van der Waals surface area contributed by atoms with Crippen LogP contribution in [0.4, 0.5) is 13.2 Å². The predicted molar refractivity (Wildman–Crippen MR) is 71.1 cm³/mol. The van der Waals surface area contributed by atoms with Crippen molar-refractivity contribution in [3.05, 3.63) is 47.5 Å². The summed E-state index contributed by atoms with van der Waals surface area (Å²) < 4.78 is 63.4. The van der Waals surface area contributed by atoms with E-state index in [4.69, 9.17) is 0 Å². The molecule has 122 valence electrons. The number of rotatable bonds is 2. The molecule has 0 radical (unpaired) electrons. The Hall–Kier alpha value is -2.17. The first-order valence-corrected chi connectivity index (χ1v) is 7.58. The Labute approximate surface area is 127 Å². The molecule has 0 saturated carbocycles. The highest BCUT2D eigenvalue weighted by Gasteiger charge is 2.51. The summed E-state index contributed by atoms with van der Waals surface area (Å²) in [7, 11) is -6.09. The zero-order chi connectivity index (χ0) is 17.0. The van der Waals surface area contributed by atoms with Crippen LogP contribution in [0, 0.1) is 0 Å². The molecule has 2 aromatic rings. The zero-order valence-electron chi connectivity index (χ0n) is 11.1. The van der Waals surface area contributed by atoms with E-state index in [9.17, 15) is 31.5 Å². The van der Waals surface area contributed by atoms with E-state index in [0.29, 0.717) is 10.8 Å². The lowest BCUT2D eigenvalue weighted by atomic mass is 9.94. The summed E-state index contributed by atoms with van der Waals surface area (Å²) in [4.78, 5) is 12.2. The Bertz CT molecular complexity index is 904. The molecular weight excluding hydrogens is 339 g/mol. The van der Waals surface area contributed by atoms with E-state index in [-0.39, 0.29) is 16.2 Å². The molecule has 1 heterocycles. The quantitative estimate of drug-likeness (QED) is 0.841. The summed E-state index contributed by atoms with van der Waals surface area (Å²) in [5, 5.41) is 10.8. The number of nitrogens with zero attached hydrogens (tertiary/aromatic N) is 1. The molecular formula is C13H8F3NO5S. The number of amides is 1. The molecule has 0 spiro atoms. The SMILES string of the molecule is O=C1c2cccc3cccc(c23)C(O)N1OS(=O)(=O)C(F)(F)F. The molecule has 0 fully saturated rings. The van der Waals surface area contributed by atoms with Gasteiger partial charge in [-0.1, -0.05) is 30.3 Å². The third-order valence-corrected chi connectivity index (χ3v) is 4.25. The Morgan fingerprint density at radius 1 is 1.13 bits per heavy atom. The van der Waals surface area contributed by atoms with Crippen molar-refractivity contribution in [1.29, 1.82) is 0 Å². The molecule has 2 aromatic carbocycles. The lowest BCUT2D eigenvalue weighted by Crippen LogP contribution is -2.42. The molecule has 6 nitrogen and oxygen atoms in total. The number of carbonyl (C=O) groups is 1. The second-order valence-corrected chi connectivity index (χ2v) is 6.25. The zero-order valence-corrected chi connectivity index (χ0v) is 11.9. The second kappa shape index (κ2) is 4.91. The fourth-order valence-corrected chi connectivity index (χ4v) is 2.79. The number of aliphatic hydroxyl groups is 1. The fraction of sp³-hybridized carbons (Fsp3) is 0.154. The highest BCUT2D eigenvalue weighted by molar-refractivity contribution is 7.87. The number of carbonyl (C=O) groups excluding carboxylic acids is 1. The third-order valence-electron chi connectivity index (χ3n) is 3.33. The largest absolute Gasteiger partial charge is 0.525 e. The summed E-state index contributed by atoms with van der Waals surface area (Å²) in [6.45, 7) is 0. The minimum Gasteiger partial charge on any atom is -0.367 e. The second-order valence-electron chi connectivity index (χ2n) is 4.73. The maximum atomic E-state index is 12.4. The van der Waals surface area contributed by atoms with Gasteiger partial charge in [0.25, 0.3) is 5.91 Å². The van der Waals surface area contributed by atoms with Gasteiger partial charge in [0.2, 0.25) is 0 Å². The van der Waals surface area contributed by atoms with Crippen LogP contribution >= 0.6 is 0 Å². The van der Waals surface area contributed by atoms with Gasteiger partial charge in [0.15, 0.2) is 6.23 Å². The molecule has 1 amide bonds. The van der Waals surface area contributed by atoms with Crippen LogP contribution in [0.3, 0.4) is 0 Å². The van der Waals surface area contributed by atoms with Gasteiger partial charge in [0.1, 0.15) is 0 Å². The summed E-state index contributed by atoms with van der Waals surface area (Å²) in [6.07, 6.45) is -1.99. The van der Waals surface area contributed by atoms with E-state index in [1.54, 1.807) is 12.1 Å². The summed E-state index contributed by atoms with van der Waals surface area (Å²) in [5.41, 5.74) is -5.73. The van der Waals surface area contributed by atoms with Gasteiger partial charge in [-0.05, 0) is 11.5 Å². The molecule has 0 saturated heterocycles. The summed E-state index contributed by atoms with van der Waals surface area (Å²) in [6, 6.07) is 8.94. The van der Waals surface area contributed by atoms with E-state index < -0.39 is 27.8 Å². The third kappa shape index (κ3) is 2.35. The summed E-state index contributed by atoms with van der Waals surface area (Å²) >= 11 is 0. The van der Waals surface area contributed by atoms with Crippen molar-refractivity contribution < 1.29 is 35.8 Å². The van der Waals surface area contributed by atoms with Crippen LogP contribution in [0.2, 0.25) is 0 Å². The van der Waals surface area contributed by atoms with Crippen molar-refractivity contribution in [3.8, 4) is 0 Å². The van der Waals surface area contributed by atoms with E-state index in [1.165, 1.54) is 24.3 Å². The number of aliphatic hydroxyl groups excluding tert-OH is 1. The molecule has 0 aromatic heterocycles. The highest BCUT2D eigenvalue weighted by Crippen LogP contribution is 2.37. The Kier molecular flexibility index (Phi) is 3.36. The van der Waals surface area contributed by atoms with Crippen LogP contribution in [0.15, 0.2) is 36.4 Å². The molecule has 1 unspecified atom stereocenters. The topological polar surface area (TPSA) is 83.9 Å². The maximum absolute atomic E-state index is 12.4. The lowest BCUT2D eigenvalue weighted by Gasteiger charge is -2.31. The first-order valence-electron chi connectivity index (χ1n) is 6.17. The van der Waals surface area contributed by atoms with Gasteiger partial charge in [0.05, 0.1) is 5.56 Å². The number of hydrogen-bond donors (Lipinski definition) is 1. The first-order chi connectivity index (χ1) is 10.6. The van der Waals surface area contributed by atoms with E-state index in [0.717, 1.165) is 0 Å². The van der Waals surface area contributed by atoms with Crippen molar-refractivity contribution in [2.24, 2.45) is 0 Å². The van der Waals surface area contributed by atoms with Crippen molar-refractivity contribution in [3.63, 3.8) is 0 Å². The van der Waals surface area contributed by atoms with Crippen LogP contribution in [0.5, 0.6) is 0 Å². The minimum atomic E-state index is -6.09. The van der Waals surface area contributed by atoms with E-state index >= 15 is 0 Å². The van der Waals surface area contributed by atoms with Crippen LogP contribution in [0.1, 0.15) is 22.1 Å². The van der Waals surface area contributed by atoms with Crippen LogP contribution in [0.25, 0.3) is 10.8 Å². The average Bonchev–Trinajstić information content (AvgIpc) is 2.48. The van der Waals surface area contributed by atoms with E-state index in [1.807, 2.05) is 0 Å². The van der Waals surface area contributed by atoms with Crippen molar-refractivity contribution in [1.82, 2.24) is 5.06 Å². The van der Waals surface area contributed by atoms with Crippen molar-refractivity contribution >= 4 is 26.8 Å². The maximum Gasteiger partial charge on any atom is 0.525 e. The van der Waals surface area contributed by atoms with Crippen molar-refractivity contribution in [2.75, 3.05) is 0 Å². The van der Waals surface area contributed by atoms with Crippen LogP contribution < -0.4 is 0 Å². The van der Waals surface area contributed by atoms with Crippen molar-refractivity contribution in [2.45, 2.75) is 11.7 Å².